The summed E-state index contributed by atoms with van der Waals surface area (Å²) in [5.41, 5.74) is 4.00. The number of carbonyl (C=O) groups is 1. The third-order valence-electron chi connectivity index (χ3n) is 6.42. The van der Waals surface area contributed by atoms with Gasteiger partial charge in [-0.3, -0.25) is 5.32 Å². The molecule has 1 aliphatic carbocycles. The zero-order valence-electron chi connectivity index (χ0n) is 21.1. The van der Waals surface area contributed by atoms with Crippen LogP contribution in [0.4, 0.5) is 10.5 Å². The van der Waals surface area contributed by atoms with E-state index in [2.05, 4.69) is 31.4 Å². The van der Waals surface area contributed by atoms with E-state index in [1.807, 2.05) is 49.4 Å². The summed E-state index contributed by atoms with van der Waals surface area (Å²) >= 11 is 0. The van der Waals surface area contributed by atoms with Crippen LogP contribution >= 0.6 is 0 Å². The largest absolute Gasteiger partial charge is 0.485 e. The van der Waals surface area contributed by atoms with Crippen LogP contribution in [-0.4, -0.2) is 37.0 Å². The summed E-state index contributed by atoms with van der Waals surface area (Å²) in [5.74, 6) is 1.19. The fourth-order valence-electron chi connectivity index (χ4n) is 4.49. The van der Waals surface area contributed by atoms with Crippen LogP contribution in [0.5, 0.6) is 5.75 Å². The van der Waals surface area contributed by atoms with Crippen LogP contribution in [0.2, 0.25) is 0 Å². The number of hydrogen-bond donors (Lipinski definition) is 1. The molecule has 2 aromatic heterocycles. The molecule has 5 rings (SSSR count). The van der Waals surface area contributed by atoms with E-state index < -0.39 is 6.09 Å². The Hall–Kier alpha value is -4.39. The van der Waals surface area contributed by atoms with Gasteiger partial charge in [0.15, 0.2) is 6.61 Å². The van der Waals surface area contributed by atoms with Crippen molar-refractivity contribution in [2.75, 3.05) is 5.32 Å². The molecule has 0 radical (unpaired) electrons. The van der Waals surface area contributed by atoms with Gasteiger partial charge in [-0.15, -0.1) is 10.2 Å². The maximum atomic E-state index is 12.0. The lowest BCUT2D eigenvalue weighted by molar-refractivity contribution is 0.130. The van der Waals surface area contributed by atoms with E-state index in [9.17, 15) is 10.1 Å². The third-order valence-corrected chi connectivity index (χ3v) is 6.42. The highest BCUT2D eigenvalue weighted by molar-refractivity contribution is 5.96. The second kappa shape index (κ2) is 10.3. The Morgan fingerprint density at radius 2 is 2.00 bits per heavy atom. The molecule has 0 atom stereocenters. The standard InChI is InChI=1S/C27H29N7O3/c1-4-33-31-25(30-32-33)16-36-21-12-13-22-23(15-28)26(34(24(22)14-21)20-6-5-7-20)18-8-10-19(11-9-18)29-27(35)37-17(2)3/h8-14,17,20H,4-7,16H2,1-3H3,(H,29,35). The number of rotatable bonds is 8. The number of nitrogens with one attached hydrogen (secondary N) is 1. The monoisotopic (exact) mass is 499 g/mol. The minimum absolute atomic E-state index is 0.203. The van der Waals surface area contributed by atoms with E-state index in [1.54, 1.807) is 13.8 Å². The van der Waals surface area contributed by atoms with Gasteiger partial charge in [0.05, 0.1) is 29.4 Å². The van der Waals surface area contributed by atoms with Crippen LogP contribution in [-0.2, 0) is 17.9 Å². The molecule has 0 saturated heterocycles. The number of fused-ring (bicyclic) bond motifs is 1. The first-order chi connectivity index (χ1) is 18.0. The molecule has 2 aromatic carbocycles. The number of carbonyl (C=O) groups excluding carboxylic acids is 1. The van der Waals surface area contributed by atoms with Crippen molar-refractivity contribution in [3.63, 3.8) is 0 Å². The summed E-state index contributed by atoms with van der Waals surface area (Å²) in [7, 11) is 0. The second-order valence-corrected chi connectivity index (χ2v) is 9.31. The molecule has 2 heterocycles. The summed E-state index contributed by atoms with van der Waals surface area (Å²) in [4.78, 5) is 13.5. The minimum Gasteiger partial charge on any atom is -0.485 e. The smallest absolute Gasteiger partial charge is 0.411 e. The lowest BCUT2D eigenvalue weighted by Crippen LogP contribution is -2.18. The number of nitriles is 1. The van der Waals surface area contributed by atoms with E-state index in [0.29, 0.717) is 35.4 Å². The molecule has 10 nitrogen and oxygen atoms in total. The summed E-state index contributed by atoms with van der Waals surface area (Å²) in [6.45, 7) is 6.41. The predicted octanol–water partition coefficient (Wildman–Crippen LogP) is 5.45. The quantitative estimate of drug-likeness (QED) is 0.342. The second-order valence-electron chi connectivity index (χ2n) is 9.31. The first-order valence-corrected chi connectivity index (χ1v) is 12.5. The molecule has 37 heavy (non-hydrogen) atoms. The molecule has 10 heteroatoms. The topological polar surface area (TPSA) is 120 Å². The van der Waals surface area contributed by atoms with E-state index in [4.69, 9.17) is 9.47 Å². The Labute approximate surface area is 214 Å². The normalized spacial score (nSPS) is 13.4. The zero-order chi connectivity index (χ0) is 25.9. The van der Waals surface area contributed by atoms with Crippen LogP contribution in [0.3, 0.4) is 0 Å². The number of ether oxygens (including phenoxy) is 2. The number of aromatic nitrogens is 5. The van der Waals surface area contributed by atoms with Gasteiger partial charge in [-0.05, 0) is 75.1 Å². The van der Waals surface area contributed by atoms with Gasteiger partial charge < -0.3 is 14.0 Å². The molecule has 0 bridgehead atoms. The molecule has 1 aliphatic rings. The highest BCUT2D eigenvalue weighted by Gasteiger charge is 2.28. The van der Waals surface area contributed by atoms with Gasteiger partial charge in [0.25, 0.3) is 0 Å². The average Bonchev–Trinajstić information content (AvgIpc) is 3.44. The lowest BCUT2D eigenvalue weighted by Gasteiger charge is -2.30. The van der Waals surface area contributed by atoms with E-state index in [1.165, 1.54) is 4.80 Å². The lowest BCUT2D eigenvalue weighted by atomic mass is 9.92. The molecule has 0 aliphatic heterocycles. The maximum Gasteiger partial charge on any atom is 0.411 e. The molecule has 1 saturated carbocycles. The van der Waals surface area contributed by atoms with E-state index in [-0.39, 0.29) is 12.7 Å². The van der Waals surface area contributed by atoms with Crippen molar-refractivity contribution in [2.45, 2.75) is 65.3 Å². The van der Waals surface area contributed by atoms with Crippen LogP contribution in [0.15, 0.2) is 42.5 Å². The van der Waals surface area contributed by atoms with Crippen molar-refractivity contribution < 1.29 is 14.3 Å². The Morgan fingerprint density at radius 1 is 1.22 bits per heavy atom. The maximum absolute atomic E-state index is 12.0. The molecule has 0 unspecified atom stereocenters. The number of nitrogens with zero attached hydrogens (tertiary/aromatic N) is 6. The highest BCUT2D eigenvalue weighted by Crippen LogP contribution is 2.43. The molecule has 0 spiro atoms. The Morgan fingerprint density at radius 3 is 2.62 bits per heavy atom. The summed E-state index contributed by atoms with van der Waals surface area (Å²) < 4.78 is 13.4. The van der Waals surface area contributed by atoms with Crippen LogP contribution in [0.1, 0.15) is 57.5 Å². The van der Waals surface area contributed by atoms with Gasteiger partial charge in [-0.2, -0.15) is 10.1 Å². The van der Waals surface area contributed by atoms with E-state index in [0.717, 1.165) is 41.4 Å². The van der Waals surface area contributed by atoms with Crippen molar-refractivity contribution in [3.05, 3.63) is 53.9 Å². The Kier molecular flexibility index (Phi) is 6.77. The average molecular weight is 500 g/mol. The fourth-order valence-corrected chi connectivity index (χ4v) is 4.49. The fraction of sp³-hybridized carbons (Fsp3) is 0.370. The van der Waals surface area contributed by atoms with Crippen molar-refractivity contribution >= 4 is 22.7 Å². The predicted molar refractivity (Wildman–Crippen MR) is 138 cm³/mol. The van der Waals surface area contributed by atoms with Crippen molar-refractivity contribution in [3.8, 4) is 23.1 Å². The number of anilines is 1. The van der Waals surface area contributed by atoms with Crippen molar-refractivity contribution in [1.29, 1.82) is 5.26 Å². The number of tetrazole rings is 1. The number of hydrogen-bond acceptors (Lipinski definition) is 7. The van der Waals surface area contributed by atoms with Crippen molar-refractivity contribution in [1.82, 2.24) is 24.8 Å². The zero-order valence-corrected chi connectivity index (χ0v) is 21.1. The Bertz CT molecular complexity index is 1460. The molecule has 1 amide bonds. The van der Waals surface area contributed by atoms with Crippen LogP contribution in [0, 0.1) is 11.3 Å². The highest BCUT2D eigenvalue weighted by atomic mass is 16.6. The molecule has 1 N–H and O–H groups in total. The number of aryl methyl sites for hydroxylation is 1. The minimum atomic E-state index is -0.496. The summed E-state index contributed by atoms with van der Waals surface area (Å²) in [6, 6.07) is 16.0. The first kappa shape index (κ1) is 24.3. The molecule has 1 fully saturated rings. The summed E-state index contributed by atoms with van der Waals surface area (Å²) in [6.07, 6.45) is 2.56. The van der Waals surface area contributed by atoms with Gasteiger partial charge in [-0.1, -0.05) is 12.1 Å². The molecule has 190 valence electrons. The van der Waals surface area contributed by atoms with E-state index >= 15 is 0 Å². The third kappa shape index (κ3) is 4.98. The van der Waals surface area contributed by atoms with Gasteiger partial charge in [-0.25, -0.2) is 4.79 Å². The molecular weight excluding hydrogens is 470 g/mol. The summed E-state index contributed by atoms with van der Waals surface area (Å²) in [5, 5.41) is 26.1. The number of amides is 1. The van der Waals surface area contributed by atoms with Gasteiger partial charge >= 0.3 is 6.09 Å². The SMILES string of the molecule is CCn1nnc(COc2ccc3c(C#N)c(-c4ccc(NC(=O)OC(C)C)cc4)n(C4CCC4)c3c2)n1. The van der Waals surface area contributed by atoms with Crippen LogP contribution in [0.25, 0.3) is 22.2 Å². The van der Waals surface area contributed by atoms with Gasteiger partial charge in [0.2, 0.25) is 5.82 Å². The Balaban J connectivity index is 1.49. The van der Waals surface area contributed by atoms with Crippen molar-refractivity contribution in [2.24, 2.45) is 0 Å². The molecule has 4 aromatic rings. The molecular formula is C27H29N7O3. The van der Waals surface area contributed by atoms with Crippen LogP contribution < -0.4 is 10.1 Å². The number of benzene rings is 2. The van der Waals surface area contributed by atoms with Gasteiger partial charge in [0.1, 0.15) is 11.8 Å². The first-order valence-electron chi connectivity index (χ1n) is 12.5. The van der Waals surface area contributed by atoms with Gasteiger partial charge in [0, 0.05) is 23.2 Å².